The second-order valence-electron chi connectivity index (χ2n) is 5.48. The maximum atomic E-state index is 10.5. The predicted molar refractivity (Wildman–Crippen MR) is 60.7 cm³/mol. The molecule has 2 N–H and O–H groups in total. The molecule has 0 saturated heterocycles. The Morgan fingerprint density at radius 3 is 2.13 bits per heavy atom. The zero-order valence-electron chi connectivity index (χ0n) is 10.2. The van der Waals surface area contributed by atoms with Crippen molar-refractivity contribution in [2.75, 3.05) is 6.54 Å². The van der Waals surface area contributed by atoms with Crippen molar-refractivity contribution in [3.05, 3.63) is 11.6 Å². The number of nitrogens with one attached hydrogen (secondary N) is 1. The molecule has 86 valence electrons. The van der Waals surface area contributed by atoms with Gasteiger partial charge in [0.25, 0.3) is 0 Å². The topological polar surface area (TPSA) is 49.3 Å². The Bertz CT molecular complexity index is 289. The monoisotopic (exact) mass is 211 g/mol. The third kappa shape index (κ3) is 2.07. The lowest BCUT2D eigenvalue weighted by molar-refractivity contribution is -0.132. The van der Waals surface area contributed by atoms with E-state index in [4.69, 9.17) is 5.11 Å². The zero-order valence-corrected chi connectivity index (χ0v) is 10.2. The Balaban J connectivity index is 2.42. The molecule has 0 aromatic carbocycles. The van der Waals surface area contributed by atoms with E-state index >= 15 is 0 Å². The molecule has 3 heteroatoms. The van der Waals surface area contributed by atoms with Crippen molar-refractivity contribution in [2.45, 2.75) is 40.7 Å². The van der Waals surface area contributed by atoms with E-state index in [0.29, 0.717) is 29.0 Å². The Hall–Kier alpha value is -0.830. The van der Waals surface area contributed by atoms with Crippen LogP contribution in [0.4, 0.5) is 0 Å². The minimum absolute atomic E-state index is 0.304. The highest BCUT2D eigenvalue weighted by atomic mass is 16.4. The van der Waals surface area contributed by atoms with Crippen LogP contribution in [0.15, 0.2) is 11.6 Å². The summed E-state index contributed by atoms with van der Waals surface area (Å²) in [5.74, 6) is -0.842. The summed E-state index contributed by atoms with van der Waals surface area (Å²) in [6, 6.07) is 0.475. The molecule has 1 saturated carbocycles. The predicted octanol–water partition coefficient (Wildman–Crippen LogP) is 2.04. The third-order valence-corrected chi connectivity index (χ3v) is 4.09. The van der Waals surface area contributed by atoms with Crippen LogP contribution in [0, 0.1) is 10.8 Å². The van der Waals surface area contributed by atoms with Gasteiger partial charge in [-0.15, -0.1) is 0 Å². The minimum Gasteiger partial charge on any atom is -0.478 e. The second kappa shape index (κ2) is 3.63. The average Bonchev–Trinajstić information content (AvgIpc) is 2.46. The molecule has 3 nitrogen and oxygen atoms in total. The van der Waals surface area contributed by atoms with Crippen LogP contribution in [0.5, 0.6) is 0 Å². The lowest BCUT2D eigenvalue weighted by Crippen LogP contribution is -2.22. The Labute approximate surface area is 91.6 Å². The van der Waals surface area contributed by atoms with E-state index in [9.17, 15) is 4.79 Å². The van der Waals surface area contributed by atoms with Gasteiger partial charge in [0, 0.05) is 18.2 Å². The summed E-state index contributed by atoms with van der Waals surface area (Å²) in [6.07, 6.45) is 1.73. The number of hydrogen-bond donors (Lipinski definition) is 2. The molecule has 0 radical (unpaired) electrons. The standard InChI is InChI=1S/C12H21NO2/c1-8(9(14)15)6-7-13-10-11(2,3)12(10,4)5/h6,10,13H,7H2,1-5H3,(H,14,15). The first-order chi connectivity index (χ1) is 6.71. The number of rotatable bonds is 4. The van der Waals surface area contributed by atoms with Gasteiger partial charge in [0.15, 0.2) is 0 Å². The fourth-order valence-electron chi connectivity index (χ4n) is 2.12. The van der Waals surface area contributed by atoms with Crippen molar-refractivity contribution in [1.82, 2.24) is 5.32 Å². The summed E-state index contributed by atoms with van der Waals surface area (Å²) in [7, 11) is 0. The highest BCUT2D eigenvalue weighted by Crippen LogP contribution is 2.62. The molecule has 0 heterocycles. The van der Waals surface area contributed by atoms with Crippen LogP contribution in [0.1, 0.15) is 34.6 Å². The van der Waals surface area contributed by atoms with E-state index in [1.165, 1.54) is 0 Å². The molecule has 0 amide bonds. The quantitative estimate of drug-likeness (QED) is 0.700. The molecule has 0 spiro atoms. The molecule has 1 aliphatic rings. The van der Waals surface area contributed by atoms with Gasteiger partial charge in [-0.25, -0.2) is 4.79 Å². The number of carboxylic acids is 1. The van der Waals surface area contributed by atoms with E-state index in [1.54, 1.807) is 13.0 Å². The highest BCUT2D eigenvalue weighted by molar-refractivity contribution is 5.85. The largest absolute Gasteiger partial charge is 0.478 e. The number of hydrogen-bond acceptors (Lipinski definition) is 2. The number of carbonyl (C=O) groups is 1. The van der Waals surface area contributed by atoms with Gasteiger partial charge in [0.05, 0.1) is 0 Å². The number of aliphatic carboxylic acids is 1. The first-order valence-corrected chi connectivity index (χ1v) is 5.34. The SMILES string of the molecule is CC(=CCNC1C(C)(C)C1(C)C)C(=O)O. The molecule has 0 atom stereocenters. The third-order valence-electron chi connectivity index (χ3n) is 4.09. The van der Waals surface area contributed by atoms with E-state index in [0.717, 1.165) is 0 Å². The summed E-state index contributed by atoms with van der Waals surface area (Å²) < 4.78 is 0. The van der Waals surface area contributed by atoms with Crippen LogP contribution in [-0.4, -0.2) is 23.7 Å². The molecule has 1 fully saturated rings. The van der Waals surface area contributed by atoms with Crippen molar-refractivity contribution in [1.29, 1.82) is 0 Å². The fraction of sp³-hybridized carbons (Fsp3) is 0.750. The van der Waals surface area contributed by atoms with E-state index in [1.807, 2.05) is 0 Å². The van der Waals surface area contributed by atoms with E-state index in [-0.39, 0.29) is 0 Å². The van der Waals surface area contributed by atoms with Crippen LogP contribution in [-0.2, 0) is 4.79 Å². The molecule has 0 aliphatic heterocycles. The van der Waals surface area contributed by atoms with Crippen molar-refractivity contribution < 1.29 is 9.90 Å². The van der Waals surface area contributed by atoms with Gasteiger partial charge in [-0.1, -0.05) is 33.8 Å². The molecule has 0 aromatic heterocycles. The Morgan fingerprint density at radius 2 is 1.80 bits per heavy atom. The number of carboxylic acid groups (broad SMARTS) is 1. The molecular formula is C12H21NO2. The first-order valence-electron chi connectivity index (χ1n) is 5.34. The Morgan fingerprint density at radius 1 is 1.33 bits per heavy atom. The zero-order chi connectivity index (χ0) is 11.9. The average molecular weight is 211 g/mol. The van der Waals surface area contributed by atoms with Crippen molar-refractivity contribution >= 4 is 5.97 Å². The summed E-state index contributed by atoms with van der Waals surface area (Å²) in [6.45, 7) is 11.2. The fourth-order valence-corrected chi connectivity index (χ4v) is 2.12. The normalized spacial score (nSPS) is 23.9. The lowest BCUT2D eigenvalue weighted by Gasteiger charge is -2.03. The smallest absolute Gasteiger partial charge is 0.330 e. The molecule has 0 bridgehead atoms. The van der Waals surface area contributed by atoms with Gasteiger partial charge >= 0.3 is 5.97 Å². The van der Waals surface area contributed by atoms with Crippen LogP contribution in [0.2, 0.25) is 0 Å². The maximum Gasteiger partial charge on any atom is 0.330 e. The van der Waals surface area contributed by atoms with Crippen LogP contribution < -0.4 is 5.32 Å². The summed E-state index contributed by atoms with van der Waals surface area (Å²) in [5, 5.41) is 12.1. The van der Waals surface area contributed by atoms with Crippen LogP contribution in [0.25, 0.3) is 0 Å². The van der Waals surface area contributed by atoms with Gasteiger partial charge in [0.1, 0.15) is 0 Å². The van der Waals surface area contributed by atoms with Crippen LogP contribution in [0.3, 0.4) is 0 Å². The molecule has 0 unspecified atom stereocenters. The highest BCUT2D eigenvalue weighted by Gasteiger charge is 2.64. The van der Waals surface area contributed by atoms with E-state index < -0.39 is 5.97 Å². The van der Waals surface area contributed by atoms with Gasteiger partial charge in [-0.05, 0) is 17.8 Å². The molecule has 15 heavy (non-hydrogen) atoms. The first kappa shape index (κ1) is 12.2. The van der Waals surface area contributed by atoms with Crippen molar-refractivity contribution in [3.63, 3.8) is 0 Å². The minimum atomic E-state index is -0.842. The second-order valence-corrected chi connectivity index (χ2v) is 5.48. The summed E-state index contributed by atoms with van der Waals surface area (Å²) in [5.41, 5.74) is 1.01. The molecule has 1 aliphatic carbocycles. The molecule has 0 aromatic rings. The maximum absolute atomic E-state index is 10.5. The van der Waals surface area contributed by atoms with Gasteiger partial charge in [-0.3, -0.25) is 0 Å². The van der Waals surface area contributed by atoms with Gasteiger partial charge in [-0.2, -0.15) is 0 Å². The van der Waals surface area contributed by atoms with Crippen molar-refractivity contribution in [2.24, 2.45) is 10.8 Å². The summed E-state index contributed by atoms with van der Waals surface area (Å²) in [4.78, 5) is 10.5. The summed E-state index contributed by atoms with van der Waals surface area (Å²) >= 11 is 0. The molecule has 1 rings (SSSR count). The van der Waals surface area contributed by atoms with Gasteiger partial charge in [0.2, 0.25) is 0 Å². The van der Waals surface area contributed by atoms with E-state index in [2.05, 4.69) is 33.0 Å². The van der Waals surface area contributed by atoms with Crippen LogP contribution >= 0.6 is 0 Å². The lowest BCUT2D eigenvalue weighted by atomic mass is 10.0. The Kier molecular flexibility index (Phi) is 2.97. The molecular weight excluding hydrogens is 190 g/mol. The van der Waals surface area contributed by atoms with Crippen molar-refractivity contribution in [3.8, 4) is 0 Å². The van der Waals surface area contributed by atoms with Gasteiger partial charge < -0.3 is 10.4 Å².